The molecule has 0 spiro atoms. The number of hydrogen-bond acceptors (Lipinski definition) is 4. The Hall–Kier alpha value is -0.680. The van der Waals surface area contributed by atoms with Crippen LogP contribution in [-0.4, -0.2) is 58.8 Å². The molecule has 1 aromatic carbocycles. The van der Waals surface area contributed by atoms with Gasteiger partial charge in [0.05, 0.1) is 11.4 Å². The molecule has 1 aromatic rings. The maximum absolute atomic E-state index is 12.5. The molecule has 24 heavy (non-hydrogen) atoms. The summed E-state index contributed by atoms with van der Waals surface area (Å²) in [6.07, 6.45) is 2.82. The van der Waals surface area contributed by atoms with Crippen molar-refractivity contribution in [3.63, 3.8) is 0 Å². The lowest BCUT2D eigenvalue weighted by Gasteiger charge is -2.20. The highest BCUT2D eigenvalue weighted by Crippen LogP contribution is 2.29. The second kappa shape index (κ2) is 10.3. The van der Waals surface area contributed by atoms with E-state index in [1.807, 2.05) is 30.5 Å². The molecule has 0 aromatic heterocycles. The maximum Gasteiger partial charge on any atom is 0.236 e. The SMILES string of the molecule is CN=C(NCCSC)NCCS(=O)(=O)N1CCc2ccccc21.I. The van der Waals surface area contributed by atoms with Crippen molar-refractivity contribution in [3.8, 4) is 0 Å². The number of fused-ring (bicyclic) bond motifs is 1. The second-order valence-corrected chi connectivity index (χ2v) is 8.18. The van der Waals surface area contributed by atoms with Crippen molar-refractivity contribution in [1.82, 2.24) is 10.6 Å². The molecule has 1 aliphatic rings. The van der Waals surface area contributed by atoms with Gasteiger partial charge in [-0.25, -0.2) is 8.42 Å². The number of nitrogens with one attached hydrogen (secondary N) is 2. The minimum Gasteiger partial charge on any atom is -0.356 e. The number of nitrogens with zero attached hydrogens (tertiary/aromatic N) is 2. The Labute approximate surface area is 165 Å². The number of benzene rings is 1. The lowest BCUT2D eigenvalue weighted by molar-refractivity contribution is 0.591. The fourth-order valence-electron chi connectivity index (χ4n) is 2.50. The average Bonchev–Trinajstić information content (AvgIpc) is 2.98. The van der Waals surface area contributed by atoms with Gasteiger partial charge in [-0.2, -0.15) is 11.8 Å². The summed E-state index contributed by atoms with van der Waals surface area (Å²) in [5, 5.41) is 6.21. The zero-order chi connectivity index (χ0) is 16.7. The summed E-state index contributed by atoms with van der Waals surface area (Å²) in [6.45, 7) is 1.66. The van der Waals surface area contributed by atoms with Crippen molar-refractivity contribution in [2.45, 2.75) is 6.42 Å². The molecule has 6 nitrogen and oxygen atoms in total. The normalized spacial score (nSPS) is 14.1. The molecular weight excluding hydrogens is 459 g/mol. The molecular formula is C15H25IN4O2S2. The first-order valence-electron chi connectivity index (χ1n) is 7.60. The van der Waals surface area contributed by atoms with Crippen LogP contribution in [-0.2, 0) is 16.4 Å². The van der Waals surface area contributed by atoms with Crippen LogP contribution in [0.1, 0.15) is 5.56 Å². The van der Waals surface area contributed by atoms with Crippen LogP contribution in [0.2, 0.25) is 0 Å². The number of halogens is 1. The predicted molar refractivity (Wildman–Crippen MR) is 114 cm³/mol. The van der Waals surface area contributed by atoms with Gasteiger partial charge in [0, 0.05) is 32.4 Å². The number of guanidine groups is 1. The topological polar surface area (TPSA) is 73.8 Å². The Morgan fingerprint density at radius 3 is 2.71 bits per heavy atom. The summed E-state index contributed by atoms with van der Waals surface area (Å²) in [7, 11) is -1.64. The molecule has 0 fully saturated rings. The van der Waals surface area contributed by atoms with Gasteiger partial charge in [0.1, 0.15) is 0 Å². The van der Waals surface area contributed by atoms with Crippen molar-refractivity contribution < 1.29 is 8.42 Å². The van der Waals surface area contributed by atoms with E-state index in [-0.39, 0.29) is 29.7 Å². The highest BCUT2D eigenvalue weighted by molar-refractivity contribution is 14.0. The van der Waals surface area contributed by atoms with E-state index in [0.717, 1.165) is 30.0 Å². The molecule has 136 valence electrons. The zero-order valence-electron chi connectivity index (χ0n) is 14.0. The standard InChI is InChI=1S/C15H24N4O2S2.HI/c1-16-15(17-8-11-22-2)18-9-12-23(20,21)19-10-7-13-5-3-4-6-14(13)19;/h3-6H,7-12H2,1-2H3,(H2,16,17,18);1H. The fraction of sp³-hybridized carbons (Fsp3) is 0.533. The number of rotatable bonds is 7. The number of hydrogen-bond donors (Lipinski definition) is 2. The summed E-state index contributed by atoms with van der Waals surface area (Å²) in [5.41, 5.74) is 1.91. The van der Waals surface area contributed by atoms with Gasteiger partial charge in [0.25, 0.3) is 0 Å². The number of anilines is 1. The molecule has 1 heterocycles. The van der Waals surface area contributed by atoms with Crippen LogP contribution in [0.5, 0.6) is 0 Å². The summed E-state index contributed by atoms with van der Waals surface area (Å²) in [4.78, 5) is 4.09. The van der Waals surface area contributed by atoms with E-state index in [2.05, 4.69) is 15.6 Å². The van der Waals surface area contributed by atoms with Gasteiger partial charge in [-0.15, -0.1) is 24.0 Å². The lowest BCUT2D eigenvalue weighted by Crippen LogP contribution is -2.42. The van der Waals surface area contributed by atoms with Crippen LogP contribution >= 0.6 is 35.7 Å². The van der Waals surface area contributed by atoms with Crippen LogP contribution in [0.15, 0.2) is 29.3 Å². The Balaban J connectivity index is 0.00000288. The maximum atomic E-state index is 12.5. The number of sulfonamides is 1. The summed E-state index contributed by atoms with van der Waals surface area (Å²) < 4.78 is 26.6. The monoisotopic (exact) mass is 484 g/mol. The first-order chi connectivity index (χ1) is 11.1. The van der Waals surface area contributed by atoms with E-state index in [1.54, 1.807) is 18.8 Å². The smallest absolute Gasteiger partial charge is 0.236 e. The van der Waals surface area contributed by atoms with E-state index in [1.165, 1.54) is 4.31 Å². The molecule has 0 atom stereocenters. The fourth-order valence-corrected chi connectivity index (χ4v) is 4.23. The Kier molecular flexibility index (Phi) is 9.21. The third-order valence-corrected chi connectivity index (χ3v) is 6.04. The molecule has 0 saturated heterocycles. The summed E-state index contributed by atoms with van der Waals surface area (Å²) in [6, 6.07) is 7.68. The molecule has 1 aliphatic heterocycles. The van der Waals surface area contributed by atoms with Crippen LogP contribution in [0, 0.1) is 0 Å². The molecule has 9 heteroatoms. The molecule has 0 amide bonds. The van der Waals surface area contributed by atoms with Crippen LogP contribution < -0.4 is 14.9 Å². The zero-order valence-corrected chi connectivity index (χ0v) is 18.0. The molecule has 0 saturated carbocycles. The van der Waals surface area contributed by atoms with Crippen LogP contribution in [0.4, 0.5) is 5.69 Å². The predicted octanol–water partition coefficient (Wildman–Crippen LogP) is 1.52. The van der Waals surface area contributed by atoms with Gasteiger partial charge >= 0.3 is 0 Å². The van der Waals surface area contributed by atoms with Gasteiger partial charge in [-0.3, -0.25) is 9.30 Å². The van der Waals surface area contributed by atoms with Crippen molar-refractivity contribution >= 4 is 57.4 Å². The average molecular weight is 484 g/mol. The first kappa shape index (κ1) is 21.4. The molecule has 0 unspecified atom stereocenters. The van der Waals surface area contributed by atoms with Crippen molar-refractivity contribution in [2.24, 2.45) is 4.99 Å². The van der Waals surface area contributed by atoms with Gasteiger partial charge in [-0.1, -0.05) is 18.2 Å². The van der Waals surface area contributed by atoms with E-state index in [0.29, 0.717) is 19.0 Å². The third kappa shape index (κ3) is 5.69. The van der Waals surface area contributed by atoms with Gasteiger partial charge in [-0.05, 0) is 24.3 Å². The van der Waals surface area contributed by atoms with Crippen LogP contribution in [0.25, 0.3) is 0 Å². The van der Waals surface area contributed by atoms with Gasteiger partial charge in [0.15, 0.2) is 5.96 Å². The van der Waals surface area contributed by atoms with Crippen LogP contribution in [0.3, 0.4) is 0 Å². The second-order valence-electron chi connectivity index (χ2n) is 5.19. The molecule has 0 radical (unpaired) electrons. The van der Waals surface area contributed by atoms with Crippen molar-refractivity contribution in [3.05, 3.63) is 29.8 Å². The van der Waals surface area contributed by atoms with Gasteiger partial charge in [0.2, 0.25) is 10.0 Å². The third-order valence-electron chi connectivity index (χ3n) is 3.66. The lowest BCUT2D eigenvalue weighted by atomic mass is 10.2. The molecule has 2 N–H and O–H groups in total. The molecule has 0 bridgehead atoms. The van der Waals surface area contributed by atoms with E-state index in [9.17, 15) is 8.42 Å². The Morgan fingerprint density at radius 2 is 2.00 bits per heavy atom. The van der Waals surface area contributed by atoms with Crippen molar-refractivity contribution in [2.75, 3.05) is 48.7 Å². The van der Waals surface area contributed by atoms with E-state index < -0.39 is 10.0 Å². The van der Waals surface area contributed by atoms with E-state index >= 15 is 0 Å². The van der Waals surface area contributed by atoms with Gasteiger partial charge < -0.3 is 10.6 Å². The molecule has 2 rings (SSSR count). The quantitative estimate of drug-likeness (QED) is 0.266. The minimum absolute atomic E-state index is 0. The summed E-state index contributed by atoms with van der Waals surface area (Å²) in [5.74, 6) is 1.66. The van der Waals surface area contributed by atoms with E-state index in [4.69, 9.17) is 0 Å². The number of aliphatic imine (C=N–C) groups is 1. The molecule has 0 aliphatic carbocycles. The Bertz CT molecular complexity index is 653. The largest absolute Gasteiger partial charge is 0.356 e. The number of para-hydroxylation sites is 1. The first-order valence-corrected chi connectivity index (χ1v) is 10.6. The Morgan fingerprint density at radius 1 is 1.29 bits per heavy atom. The number of thioether (sulfide) groups is 1. The summed E-state index contributed by atoms with van der Waals surface area (Å²) >= 11 is 1.74. The minimum atomic E-state index is -3.32. The van der Waals surface area contributed by atoms with Crippen molar-refractivity contribution in [1.29, 1.82) is 0 Å². The highest BCUT2D eigenvalue weighted by Gasteiger charge is 2.28. The highest BCUT2D eigenvalue weighted by atomic mass is 127.